The van der Waals surface area contributed by atoms with Gasteiger partial charge in [0.05, 0.1) is 0 Å². The van der Waals surface area contributed by atoms with Gasteiger partial charge in [-0.25, -0.2) is 0 Å². The van der Waals surface area contributed by atoms with Gasteiger partial charge in [-0.05, 0) is 30.4 Å². The van der Waals surface area contributed by atoms with Crippen molar-refractivity contribution in [2.45, 2.75) is 12.8 Å². The number of benzene rings is 1. The smallest absolute Gasteiger partial charge is 0.301 e. The van der Waals surface area contributed by atoms with Crippen molar-refractivity contribution in [3.8, 4) is 12.3 Å². The van der Waals surface area contributed by atoms with Gasteiger partial charge in [-0.3, -0.25) is 4.79 Å². The van der Waals surface area contributed by atoms with E-state index in [2.05, 4.69) is 5.92 Å². The number of anilines is 1. The summed E-state index contributed by atoms with van der Waals surface area (Å²) in [6.07, 6.45) is 7.14. The highest BCUT2D eigenvalue weighted by Gasteiger charge is 2.20. The molecule has 1 amide bonds. The van der Waals surface area contributed by atoms with E-state index in [4.69, 9.17) is 6.42 Å². The van der Waals surface area contributed by atoms with Gasteiger partial charge in [0.1, 0.15) is 0 Å². The van der Waals surface area contributed by atoms with Crippen molar-refractivity contribution in [2.24, 2.45) is 0 Å². The van der Waals surface area contributed by atoms with Gasteiger partial charge in [-0.1, -0.05) is 18.2 Å². The van der Waals surface area contributed by atoms with E-state index >= 15 is 0 Å². The highest BCUT2D eigenvalue weighted by atomic mass is 16.2. The molecule has 0 unspecified atom stereocenters. The lowest BCUT2D eigenvalue weighted by molar-refractivity contribution is -0.113. The second-order valence-corrected chi connectivity index (χ2v) is 3.33. The summed E-state index contributed by atoms with van der Waals surface area (Å²) in [4.78, 5) is 13.1. The molecule has 1 aromatic carbocycles. The van der Waals surface area contributed by atoms with Gasteiger partial charge < -0.3 is 4.90 Å². The lowest BCUT2D eigenvalue weighted by Crippen LogP contribution is -2.34. The molecule has 0 aliphatic carbocycles. The summed E-state index contributed by atoms with van der Waals surface area (Å²) in [5.74, 6) is 1.92. The van der Waals surface area contributed by atoms with Crippen LogP contribution in [0.2, 0.25) is 0 Å². The lowest BCUT2D eigenvalue weighted by atomic mass is 10.0. The average molecular weight is 185 g/mol. The molecule has 0 atom stereocenters. The molecule has 1 aliphatic heterocycles. The van der Waals surface area contributed by atoms with E-state index in [1.54, 1.807) is 4.90 Å². The number of carbonyl (C=O) groups is 1. The Labute approximate surface area is 83.5 Å². The Balaban J connectivity index is 2.41. The van der Waals surface area contributed by atoms with E-state index in [1.165, 1.54) is 5.56 Å². The van der Waals surface area contributed by atoms with Crippen molar-refractivity contribution >= 4 is 11.6 Å². The third kappa shape index (κ3) is 1.38. The molecule has 0 N–H and O–H groups in total. The average Bonchev–Trinajstić information content (AvgIpc) is 2.27. The monoisotopic (exact) mass is 185 g/mol. The van der Waals surface area contributed by atoms with Crippen LogP contribution in [-0.4, -0.2) is 12.5 Å². The fourth-order valence-electron chi connectivity index (χ4n) is 1.82. The second kappa shape index (κ2) is 3.55. The van der Waals surface area contributed by atoms with Crippen LogP contribution in [0.25, 0.3) is 0 Å². The number of nitrogens with zero attached hydrogens (tertiary/aromatic N) is 1. The first kappa shape index (κ1) is 8.83. The van der Waals surface area contributed by atoms with Gasteiger partial charge in [0, 0.05) is 12.2 Å². The molecule has 0 aromatic heterocycles. The van der Waals surface area contributed by atoms with Crippen LogP contribution in [0.3, 0.4) is 0 Å². The summed E-state index contributed by atoms with van der Waals surface area (Å²) in [5.41, 5.74) is 2.18. The first-order valence-electron chi connectivity index (χ1n) is 4.69. The molecule has 1 aromatic rings. The quantitative estimate of drug-likeness (QED) is 0.562. The molecule has 0 saturated carbocycles. The summed E-state index contributed by atoms with van der Waals surface area (Å²) in [5, 5.41) is 0. The minimum absolute atomic E-state index is 0.239. The topological polar surface area (TPSA) is 20.3 Å². The number of amides is 1. The third-order valence-corrected chi connectivity index (χ3v) is 2.48. The maximum atomic E-state index is 11.4. The molecule has 2 rings (SSSR count). The van der Waals surface area contributed by atoms with Crippen LogP contribution in [0.15, 0.2) is 24.3 Å². The molecule has 0 radical (unpaired) electrons. The van der Waals surface area contributed by atoms with E-state index in [-0.39, 0.29) is 5.91 Å². The highest BCUT2D eigenvalue weighted by molar-refractivity contribution is 6.06. The number of fused-ring (bicyclic) bond motifs is 1. The Morgan fingerprint density at radius 3 is 3.00 bits per heavy atom. The van der Waals surface area contributed by atoms with Gasteiger partial charge in [0.25, 0.3) is 0 Å². The summed E-state index contributed by atoms with van der Waals surface area (Å²) in [6, 6.07) is 7.92. The fourth-order valence-corrected chi connectivity index (χ4v) is 1.82. The Morgan fingerprint density at radius 1 is 1.43 bits per heavy atom. The predicted molar refractivity (Wildman–Crippen MR) is 55.9 cm³/mol. The van der Waals surface area contributed by atoms with E-state index in [0.717, 1.165) is 25.1 Å². The normalized spacial score (nSPS) is 14.4. The largest absolute Gasteiger partial charge is 0.302 e. The lowest BCUT2D eigenvalue weighted by Gasteiger charge is -2.27. The van der Waals surface area contributed by atoms with E-state index in [9.17, 15) is 4.79 Å². The highest BCUT2D eigenvalue weighted by Crippen LogP contribution is 2.26. The minimum Gasteiger partial charge on any atom is -0.301 e. The number of carbonyl (C=O) groups excluding carboxylic acids is 1. The van der Waals surface area contributed by atoms with E-state index in [0.29, 0.717) is 0 Å². The zero-order chi connectivity index (χ0) is 9.97. The number of hydrogen-bond donors (Lipinski definition) is 0. The molecule has 0 saturated heterocycles. The van der Waals surface area contributed by atoms with Crippen LogP contribution < -0.4 is 4.90 Å². The van der Waals surface area contributed by atoms with Crippen LogP contribution in [0, 0.1) is 12.3 Å². The van der Waals surface area contributed by atoms with Gasteiger partial charge in [0.2, 0.25) is 0 Å². The van der Waals surface area contributed by atoms with Crippen molar-refractivity contribution in [1.82, 2.24) is 0 Å². The summed E-state index contributed by atoms with van der Waals surface area (Å²) < 4.78 is 0. The molecule has 14 heavy (non-hydrogen) atoms. The third-order valence-electron chi connectivity index (χ3n) is 2.48. The number of para-hydroxylation sites is 1. The van der Waals surface area contributed by atoms with Gasteiger partial charge in [-0.2, -0.15) is 0 Å². The summed E-state index contributed by atoms with van der Waals surface area (Å²) >= 11 is 0. The maximum Gasteiger partial charge on any atom is 0.302 e. The van der Waals surface area contributed by atoms with Gasteiger partial charge in [-0.15, -0.1) is 6.42 Å². The molecule has 0 bridgehead atoms. The number of aryl methyl sites for hydroxylation is 1. The Morgan fingerprint density at radius 2 is 2.21 bits per heavy atom. The number of terminal acetylenes is 1. The summed E-state index contributed by atoms with van der Waals surface area (Å²) in [6.45, 7) is 0.736. The first-order chi connectivity index (χ1) is 6.83. The Kier molecular flexibility index (Phi) is 2.24. The van der Waals surface area contributed by atoms with Crippen molar-refractivity contribution in [1.29, 1.82) is 0 Å². The van der Waals surface area contributed by atoms with Crippen LogP contribution in [0.4, 0.5) is 5.69 Å². The molecule has 0 spiro atoms. The van der Waals surface area contributed by atoms with E-state index < -0.39 is 0 Å². The van der Waals surface area contributed by atoms with Crippen LogP contribution in [-0.2, 0) is 11.2 Å². The van der Waals surface area contributed by atoms with Crippen molar-refractivity contribution < 1.29 is 4.79 Å². The zero-order valence-corrected chi connectivity index (χ0v) is 7.86. The summed E-state index contributed by atoms with van der Waals surface area (Å²) in [7, 11) is 0. The Bertz CT molecular complexity index is 403. The van der Waals surface area contributed by atoms with Crippen molar-refractivity contribution in [3.63, 3.8) is 0 Å². The molecule has 1 aliphatic rings. The number of hydrogen-bond acceptors (Lipinski definition) is 1. The molecule has 1 heterocycles. The first-order valence-corrected chi connectivity index (χ1v) is 4.69. The van der Waals surface area contributed by atoms with Crippen LogP contribution in [0.5, 0.6) is 0 Å². The molecule has 2 heteroatoms. The standard InChI is InChI=1S/C12H11NO/c1-2-12(14)13-9-5-7-10-6-3-4-8-11(10)13/h1,3-4,6,8H,5,7,9H2. The molecule has 0 fully saturated rings. The second-order valence-electron chi connectivity index (χ2n) is 3.33. The van der Waals surface area contributed by atoms with E-state index in [1.807, 2.05) is 24.3 Å². The number of rotatable bonds is 0. The van der Waals surface area contributed by atoms with Gasteiger partial charge in [0.15, 0.2) is 0 Å². The van der Waals surface area contributed by atoms with Crippen molar-refractivity contribution in [3.05, 3.63) is 29.8 Å². The maximum absolute atomic E-state index is 11.4. The SMILES string of the molecule is C#CC(=O)N1CCCc2ccccc21. The van der Waals surface area contributed by atoms with Crippen LogP contribution in [0.1, 0.15) is 12.0 Å². The van der Waals surface area contributed by atoms with Gasteiger partial charge >= 0.3 is 5.91 Å². The predicted octanol–water partition coefficient (Wildman–Crippen LogP) is 1.60. The van der Waals surface area contributed by atoms with Crippen molar-refractivity contribution in [2.75, 3.05) is 11.4 Å². The minimum atomic E-state index is -0.239. The van der Waals surface area contributed by atoms with Crippen LogP contribution >= 0.6 is 0 Å². The zero-order valence-electron chi connectivity index (χ0n) is 7.86. The molecule has 70 valence electrons. The molecular formula is C12H11NO. The fraction of sp³-hybridized carbons (Fsp3) is 0.250. The molecular weight excluding hydrogens is 174 g/mol. The molecule has 2 nitrogen and oxygen atoms in total. The Hall–Kier alpha value is -1.75.